The lowest BCUT2D eigenvalue weighted by Crippen LogP contribution is -1.85. The van der Waals surface area contributed by atoms with Gasteiger partial charge < -0.3 is 4.79 Å². The molecular formula is C24H46O. The largest absolute Gasteiger partial charge is 0.300 e. The second kappa shape index (κ2) is 19.2. The lowest BCUT2D eigenvalue weighted by molar-refractivity contribution is -0.116. The maximum Gasteiger partial charge on any atom is 0.129 e. The Kier molecular flexibility index (Phi) is 22.0. The maximum absolute atomic E-state index is 9.81. The molecule has 0 aliphatic carbocycles. The second-order valence-corrected chi connectivity index (χ2v) is 7.48. The maximum atomic E-state index is 9.81. The second-order valence-electron chi connectivity index (χ2n) is 7.48. The molecule has 25 heavy (non-hydrogen) atoms. The molecule has 0 aliphatic rings. The van der Waals surface area contributed by atoms with Crippen LogP contribution in [0.5, 0.6) is 0 Å². The van der Waals surface area contributed by atoms with E-state index in [2.05, 4.69) is 80.5 Å². The van der Waals surface area contributed by atoms with Crippen LogP contribution in [-0.2, 0) is 11.2 Å². The molecule has 1 heteroatoms. The van der Waals surface area contributed by atoms with Crippen molar-refractivity contribution in [3.63, 3.8) is 0 Å². The fraction of sp³-hybridized carbons (Fsp3) is 0.708. The van der Waals surface area contributed by atoms with Crippen LogP contribution in [0.2, 0.25) is 0 Å². The summed E-state index contributed by atoms with van der Waals surface area (Å²) >= 11 is 0. The van der Waals surface area contributed by atoms with Crippen molar-refractivity contribution in [1.29, 1.82) is 0 Å². The van der Waals surface area contributed by atoms with E-state index in [-0.39, 0.29) is 5.78 Å². The van der Waals surface area contributed by atoms with Crippen LogP contribution in [0.1, 0.15) is 98.3 Å². The zero-order chi connectivity index (χ0) is 20.4. The molecule has 0 unspecified atom stereocenters. The van der Waals surface area contributed by atoms with Gasteiger partial charge in [-0.15, -0.1) is 0 Å². The molecule has 0 saturated heterocycles. The van der Waals surface area contributed by atoms with Gasteiger partial charge in [0.2, 0.25) is 0 Å². The Morgan fingerprint density at radius 2 is 1.28 bits per heavy atom. The highest BCUT2D eigenvalue weighted by atomic mass is 16.1. The van der Waals surface area contributed by atoms with Crippen molar-refractivity contribution >= 4 is 5.78 Å². The summed E-state index contributed by atoms with van der Waals surface area (Å²) in [4.78, 5) is 9.81. The molecular weight excluding hydrogens is 304 g/mol. The average molecular weight is 351 g/mol. The van der Waals surface area contributed by atoms with E-state index in [0.717, 1.165) is 18.3 Å². The van der Waals surface area contributed by atoms with E-state index in [9.17, 15) is 4.79 Å². The van der Waals surface area contributed by atoms with E-state index in [1.807, 2.05) is 6.92 Å². The molecule has 0 N–H and O–H groups in total. The fourth-order valence-electron chi connectivity index (χ4n) is 1.31. The molecule has 0 atom stereocenters. The SMILES string of the molecule is CC(C)C.CCC(C)=O.CCC(C)CC.CCc1ccc(C)c(C)c1. The zero-order valence-corrected chi connectivity index (χ0v) is 19.1. The van der Waals surface area contributed by atoms with Gasteiger partial charge in [0.15, 0.2) is 0 Å². The Hall–Kier alpha value is -1.11. The van der Waals surface area contributed by atoms with Gasteiger partial charge in [0, 0.05) is 6.42 Å². The Bertz CT molecular complexity index is 411. The van der Waals surface area contributed by atoms with Crippen molar-refractivity contribution < 1.29 is 4.79 Å². The molecule has 0 spiro atoms. The van der Waals surface area contributed by atoms with Gasteiger partial charge in [-0.3, -0.25) is 0 Å². The molecule has 0 aromatic heterocycles. The van der Waals surface area contributed by atoms with Gasteiger partial charge in [0.1, 0.15) is 5.78 Å². The first-order chi connectivity index (χ1) is 11.5. The van der Waals surface area contributed by atoms with Crippen LogP contribution >= 0.6 is 0 Å². The lowest BCUT2D eigenvalue weighted by Gasteiger charge is -2.01. The highest BCUT2D eigenvalue weighted by molar-refractivity contribution is 5.74. The Balaban J connectivity index is -0.000000280. The molecule has 1 aromatic carbocycles. The van der Waals surface area contributed by atoms with Crippen LogP contribution < -0.4 is 0 Å². The average Bonchev–Trinajstić information content (AvgIpc) is 2.57. The van der Waals surface area contributed by atoms with Gasteiger partial charge in [-0.2, -0.15) is 0 Å². The smallest absolute Gasteiger partial charge is 0.129 e. The van der Waals surface area contributed by atoms with Crippen molar-refractivity contribution in [2.45, 2.75) is 102 Å². The molecule has 0 saturated carbocycles. The van der Waals surface area contributed by atoms with Crippen LogP contribution in [0, 0.1) is 25.7 Å². The molecule has 148 valence electrons. The van der Waals surface area contributed by atoms with Crippen molar-refractivity contribution in [3.8, 4) is 0 Å². The number of carbonyl (C=O) groups excluding carboxylic acids is 1. The van der Waals surface area contributed by atoms with Crippen molar-refractivity contribution in [1.82, 2.24) is 0 Å². The predicted octanol–water partition coefficient (Wildman–Crippen LogP) is 7.96. The first-order valence-electron chi connectivity index (χ1n) is 10.1. The highest BCUT2D eigenvalue weighted by Crippen LogP contribution is 2.09. The normalized spacial score (nSPS) is 9.32. The van der Waals surface area contributed by atoms with Crippen LogP contribution in [-0.4, -0.2) is 5.78 Å². The van der Waals surface area contributed by atoms with E-state index in [1.54, 1.807) is 6.92 Å². The number of aryl methyl sites for hydroxylation is 3. The summed E-state index contributed by atoms with van der Waals surface area (Å²) in [7, 11) is 0. The minimum absolute atomic E-state index is 0.255. The molecule has 0 aliphatic heterocycles. The summed E-state index contributed by atoms with van der Waals surface area (Å²) in [6.45, 7) is 23.2. The topological polar surface area (TPSA) is 17.1 Å². The molecule has 0 fully saturated rings. The third-order valence-electron chi connectivity index (χ3n) is 3.87. The van der Waals surface area contributed by atoms with E-state index in [1.165, 1.54) is 29.5 Å². The molecule has 0 radical (unpaired) electrons. The number of hydrogen-bond acceptors (Lipinski definition) is 1. The Morgan fingerprint density at radius 3 is 1.48 bits per heavy atom. The molecule has 0 bridgehead atoms. The monoisotopic (exact) mass is 350 g/mol. The van der Waals surface area contributed by atoms with Crippen LogP contribution in [0.4, 0.5) is 0 Å². The number of hydrogen-bond donors (Lipinski definition) is 0. The van der Waals surface area contributed by atoms with E-state index >= 15 is 0 Å². The quantitative estimate of drug-likeness (QED) is 0.538. The zero-order valence-electron chi connectivity index (χ0n) is 19.1. The highest BCUT2D eigenvalue weighted by Gasteiger charge is 1.92. The summed E-state index contributed by atoms with van der Waals surface area (Å²) in [5, 5.41) is 0. The standard InChI is InChI=1S/C10H14.C6H14.C4H8O.C4H10/c1-4-10-6-5-8(2)9(3)7-10;1-4-6(3)5-2;1-3-4(2)5;1-4(2)3/h5-7H,4H2,1-3H3;6H,4-5H2,1-3H3;3H2,1-2H3;4H,1-3H3. The van der Waals surface area contributed by atoms with Gasteiger partial charge >= 0.3 is 0 Å². The van der Waals surface area contributed by atoms with Crippen molar-refractivity contribution in [2.24, 2.45) is 11.8 Å². The van der Waals surface area contributed by atoms with E-state index < -0.39 is 0 Å². The van der Waals surface area contributed by atoms with Crippen LogP contribution in [0.25, 0.3) is 0 Å². The summed E-state index contributed by atoms with van der Waals surface area (Å²) < 4.78 is 0. The lowest BCUT2D eigenvalue weighted by atomic mass is 10.1. The molecule has 0 amide bonds. The van der Waals surface area contributed by atoms with Gasteiger partial charge in [0.05, 0.1) is 0 Å². The first kappa shape index (κ1) is 28.7. The van der Waals surface area contributed by atoms with Crippen molar-refractivity contribution in [2.75, 3.05) is 0 Å². The number of ketones is 1. The van der Waals surface area contributed by atoms with Gasteiger partial charge in [-0.05, 0) is 55.7 Å². The minimum Gasteiger partial charge on any atom is -0.300 e. The minimum atomic E-state index is 0.255. The third-order valence-corrected chi connectivity index (χ3v) is 3.87. The first-order valence-corrected chi connectivity index (χ1v) is 10.1. The molecule has 0 heterocycles. The van der Waals surface area contributed by atoms with Crippen LogP contribution in [0.3, 0.4) is 0 Å². The predicted molar refractivity (Wildman–Crippen MR) is 117 cm³/mol. The molecule has 1 nitrogen and oxygen atoms in total. The fourth-order valence-corrected chi connectivity index (χ4v) is 1.31. The number of carbonyl (C=O) groups is 1. The Morgan fingerprint density at radius 1 is 0.880 bits per heavy atom. The van der Waals surface area contributed by atoms with Gasteiger partial charge in [0.25, 0.3) is 0 Å². The van der Waals surface area contributed by atoms with Gasteiger partial charge in [-0.25, -0.2) is 0 Å². The van der Waals surface area contributed by atoms with E-state index in [4.69, 9.17) is 0 Å². The summed E-state index contributed by atoms with van der Waals surface area (Å²) in [5.41, 5.74) is 4.22. The van der Waals surface area contributed by atoms with E-state index in [0.29, 0.717) is 6.42 Å². The number of benzene rings is 1. The summed E-state index contributed by atoms with van der Waals surface area (Å²) in [5.74, 6) is 2.02. The molecule has 1 aromatic rings. The van der Waals surface area contributed by atoms with Crippen LogP contribution in [0.15, 0.2) is 18.2 Å². The number of Topliss-reactive ketones (excluding diaryl/α,β-unsaturated/α-hetero) is 1. The van der Waals surface area contributed by atoms with Gasteiger partial charge in [-0.1, -0.05) is 86.4 Å². The molecule has 1 rings (SSSR count). The number of rotatable bonds is 4. The Labute approximate surface area is 159 Å². The third kappa shape index (κ3) is 25.2. The summed E-state index contributed by atoms with van der Waals surface area (Å²) in [6, 6.07) is 6.64. The summed E-state index contributed by atoms with van der Waals surface area (Å²) in [6.07, 6.45) is 4.47. The van der Waals surface area contributed by atoms with Crippen molar-refractivity contribution in [3.05, 3.63) is 34.9 Å².